The minimum absolute atomic E-state index is 0.123. The highest BCUT2D eigenvalue weighted by Gasteiger charge is 2.30. The number of anilines is 1. The van der Waals surface area contributed by atoms with Crippen LogP contribution in [0.2, 0.25) is 0 Å². The quantitative estimate of drug-likeness (QED) is 0.836. The number of aromatic nitrogens is 2. The predicted octanol–water partition coefficient (Wildman–Crippen LogP) is 2.03. The lowest BCUT2D eigenvalue weighted by Crippen LogP contribution is -2.38. The topological polar surface area (TPSA) is 104 Å². The number of nitrogens with zero attached hydrogens (tertiary/aromatic N) is 2. The molecule has 1 aliphatic rings. The fourth-order valence-electron chi connectivity index (χ4n) is 2.14. The number of para-hydroxylation sites is 2. The van der Waals surface area contributed by atoms with Crippen molar-refractivity contribution in [3.8, 4) is 5.75 Å². The number of hydrogen-bond acceptors (Lipinski definition) is 7. The lowest BCUT2D eigenvalue weighted by Gasteiger charge is -2.24. The molecule has 2 heterocycles. The number of hydrogen-bond donors (Lipinski definition) is 1. The largest absolute Gasteiger partial charge is 0.478 e. The number of ether oxygens (including phenoxy) is 2. The highest BCUT2D eigenvalue weighted by Crippen LogP contribution is 2.29. The van der Waals surface area contributed by atoms with E-state index < -0.39 is 12.1 Å². The Labute approximate surface area is 138 Å². The van der Waals surface area contributed by atoms with Crippen LogP contribution in [0.3, 0.4) is 0 Å². The summed E-state index contributed by atoms with van der Waals surface area (Å²) >= 11 is 0. The molecule has 1 aromatic carbocycles. The molecular formula is C16H17N3O5. The van der Waals surface area contributed by atoms with Gasteiger partial charge in [0.25, 0.3) is 11.8 Å². The van der Waals surface area contributed by atoms with Gasteiger partial charge in [-0.05, 0) is 12.1 Å². The first-order valence-electron chi connectivity index (χ1n) is 7.57. The molecule has 3 rings (SSSR count). The molecule has 8 nitrogen and oxygen atoms in total. The van der Waals surface area contributed by atoms with Gasteiger partial charge in [0, 0.05) is 5.92 Å². The number of rotatable bonds is 5. The van der Waals surface area contributed by atoms with Gasteiger partial charge in [0.15, 0.2) is 18.5 Å². The van der Waals surface area contributed by atoms with Crippen molar-refractivity contribution in [3.63, 3.8) is 0 Å². The third-order valence-corrected chi connectivity index (χ3v) is 3.42. The van der Waals surface area contributed by atoms with E-state index in [4.69, 9.17) is 14.0 Å². The van der Waals surface area contributed by atoms with Crippen molar-refractivity contribution in [1.29, 1.82) is 0 Å². The summed E-state index contributed by atoms with van der Waals surface area (Å²) in [7, 11) is 0. The van der Waals surface area contributed by atoms with E-state index in [1.807, 2.05) is 13.8 Å². The normalized spacial score (nSPS) is 16.3. The first kappa shape index (κ1) is 16.0. The zero-order chi connectivity index (χ0) is 17.1. The third-order valence-electron chi connectivity index (χ3n) is 3.42. The molecule has 1 atom stereocenters. The molecule has 0 saturated heterocycles. The number of fused-ring (bicyclic) bond motifs is 1. The summed E-state index contributed by atoms with van der Waals surface area (Å²) in [6.07, 6.45) is -1.13. The van der Waals surface area contributed by atoms with Crippen LogP contribution in [-0.2, 0) is 20.9 Å². The monoisotopic (exact) mass is 331 g/mol. The van der Waals surface area contributed by atoms with Crippen LogP contribution in [0, 0.1) is 0 Å². The second-order valence-electron chi connectivity index (χ2n) is 5.66. The van der Waals surface area contributed by atoms with Gasteiger partial charge in [0.2, 0.25) is 0 Å². The maximum atomic E-state index is 12.0. The number of amides is 1. The van der Waals surface area contributed by atoms with Gasteiger partial charge in [-0.1, -0.05) is 31.1 Å². The van der Waals surface area contributed by atoms with Gasteiger partial charge >= 0.3 is 5.97 Å². The Morgan fingerprint density at radius 3 is 2.92 bits per heavy atom. The molecule has 0 fully saturated rings. The molecular weight excluding hydrogens is 314 g/mol. The highest BCUT2D eigenvalue weighted by atomic mass is 16.6. The highest BCUT2D eigenvalue weighted by molar-refractivity contribution is 5.99. The first-order chi connectivity index (χ1) is 11.5. The molecule has 0 spiro atoms. The standard InChI is InChI=1S/C16H17N3O5/c1-9(2)15-18-13(24-19-15)8-22-14(20)7-12-16(21)17-10-5-3-4-6-11(10)23-12/h3-6,9,12H,7-8H2,1-2H3,(H,17,21)/t12-/m1/s1. The molecule has 0 bridgehead atoms. The molecule has 0 saturated carbocycles. The Morgan fingerprint density at radius 2 is 2.17 bits per heavy atom. The second kappa shape index (κ2) is 6.69. The van der Waals surface area contributed by atoms with E-state index in [0.29, 0.717) is 17.3 Å². The summed E-state index contributed by atoms with van der Waals surface area (Å²) in [5.74, 6) is 0.439. The van der Waals surface area contributed by atoms with Crippen LogP contribution in [0.1, 0.15) is 37.9 Å². The van der Waals surface area contributed by atoms with Gasteiger partial charge in [0.1, 0.15) is 5.75 Å². The fraction of sp³-hybridized carbons (Fsp3) is 0.375. The first-order valence-corrected chi connectivity index (χ1v) is 7.57. The Hall–Kier alpha value is -2.90. The van der Waals surface area contributed by atoms with Crippen molar-refractivity contribution in [2.24, 2.45) is 0 Å². The van der Waals surface area contributed by atoms with Crippen molar-refractivity contribution in [3.05, 3.63) is 36.0 Å². The molecule has 24 heavy (non-hydrogen) atoms. The van der Waals surface area contributed by atoms with Gasteiger partial charge in [-0.3, -0.25) is 9.59 Å². The molecule has 126 valence electrons. The number of carbonyl (C=O) groups is 2. The smallest absolute Gasteiger partial charge is 0.310 e. The molecule has 0 aliphatic carbocycles. The van der Waals surface area contributed by atoms with Crippen LogP contribution < -0.4 is 10.1 Å². The summed E-state index contributed by atoms with van der Waals surface area (Å²) in [5, 5.41) is 6.47. The van der Waals surface area contributed by atoms with E-state index >= 15 is 0 Å². The van der Waals surface area contributed by atoms with E-state index in [1.54, 1.807) is 24.3 Å². The number of esters is 1. The summed E-state index contributed by atoms with van der Waals surface area (Å²) in [5.41, 5.74) is 0.583. The summed E-state index contributed by atoms with van der Waals surface area (Å²) < 4.78 is 15.6. The van der Waals surface area contributed by atoms with Gasteiger partial charge < -0.3 is 19.3 Å². The van der Waals surface area contributed by atoms with Gasteiger partial charge in [-0.15, -0.1) is 0 Å². The molecule has 1 aromatic heterocycles. The Bertz CT molecular complexity index is 756. The van der Waals surface area contributed by atoms with Crippen molar-refractivity contribution >= 4 is 17.6 Å². The molecule has 1 N–H and O–H groups in total. The number of benzene rings is 1. The summed E-state index contributed by atoms with van der Waals surface area (Å²) in [6, 6.07) is 7.02. The minimum Gasteiger partial charge on any atom is -0.478 e. The van der Waals surface area contributed by atoms with Crippen LogP contribution in [0.4, 0.5) is 5.69 Å². The Balaban J connectivity index is 1.54. The minimum atomic E-state index is -0.929. The van der Waals surface area contributed by atoms with E-state index in [2.05, 4.69) is 15.5 Å². The lowest BCUT2D eigenvalue weighted by molar-refractivity contribution is -0.149. The van der Waals surface area contributed by atoms with Crippen molar-refractivity contribution in [1.82, 2.24) is 10.1 Å². The number of carbonyl (C=O) groups excluding carboxylic acids is 2. The van der Waals surface area contributed by atoms with Gasteiger partial charge in [-0.2, -0.15) is 4.98 Å². The van der Waals surface area contributed by atoms with E-state index in [0.717, 1.165) is 0 Å². The average molecular weight is 331 g/mol. The van der Waals surface area contributed by atoms with Crippen LogP contribution in [0.25, 0.3) is 0 Å². The van der Waals surface area contributed by atoms with Crippen LogP contribution >= 0.6 is 0 Å². The zero-order valence-electron chi connectivity index (χ0n) is 13.3. The Morgan fingerprint density at radius 1 is 1.38 bits per heavy atom. The van der Waals surface area contributed by atoms with Crippen molar-refractivity contribution < 1.29 is 23.6 Å². The maximum Gasteiger partial charge on any atom is 0.310 e. The molecule has 0 radical (unpaired) electrons. The van der Waals surface area contributed by atoms with Crippen LogP contribution in [-0.4, -0.2) is 28.1 Å². The van der Waals surface area contributed by atoms with Crippen molar-refractivity contribution in [2.45, 2.75) is 38.9 Å². The maximum absolute atomic E-state index is 12.0. The Kier molecular flexibility index (Phi) is 4.45. The average Bonchev–Trinajstić information content (AvgIpc) is 3.03. The van der Waals surface area contributed by atoms with E-state index in [9.17, 15) is 9.59 Å². The summed E-state index contributed by atoms with van der Waals surface area (Å²) in [6.45, 7) is 3.72. The van der Waals surface area contributed by atoms with Gasteiger partial charge in [-0.25, -0.2) is 0 Å². The zero-order valence-corrected chi connectivity index (χ0v) is 13.3. The second-order valence-corrected chi connectivity index (χ2v) is 5.66. The summed E-state index contributed by atoms with van der Waals surface area (Å²) in [4.78, 5) is 28.0. The van der Waals surface area contributed by atoms with Crippen LogP contribution in [0.5, 0.6) is 5.75 Å². The molecule has 1 aliphatic heterocycles. The molecule has 1 amide bonds. The van der Waals surface area contributed by atoms with Crippen LogP contribution in [0.15, 0.2) is 28.8 Å². The third kappa shape index (κ3) is 3.53. The molecule has 2 aromatic rings. The van der Waals surface area contributed by atoms with Crippen molar-refractivity contribution in [2.75, 3.05) is 5.32 Å². The van der Waals surface area contributed by atoms with Gasteiger partial charge in [0.05, 0.1) is 12.1 Å². The SMILES string of the molecule is CC(C)c1noc(COC(=O)C[C@H]2Oc3ccccc3NC2=O)n1. The van der Waals surface area contributed by atoms with E-state index in [-0.39, 0.29) is 30.7 Å². The molecule has 0 unspecified atom stereocenters. The van der Waals surface area contributed by atoms with E-state index in [1.165, 1.54) is 0 Å². The fourth-order valence-corrected chi connectivity index (χ4v) is 2.14. The predicted molar refractivity (Wildman–Crippen MR) is 82.3 cm³/mol. The lowest BCUT2D eigenvalue weighted by atomic mass is 10.1. The number of nitrogens with one attached hydrogen (secondary N) is 1. The molecule has 8 heteroatoms.